The third kappa shape index (κ3) is 3.42. The van der Waals surface area contributed by atoms with E-state index in [2.05, 4.69) is 10.6 Å². The number of hydrogen-bond acceptors (Lipinski definition) is 1. The lowest BCUT2D eigenvalue weighted by atomic mass is 9.92. The molecule has 0 aliphatic heterocycles. The van der Waals surface area contributed by atoms with Gasteiger partial charge in [-0.2, -0.15) is 0 Å². The van der Waals surface area contributed by atoms with Crippen LogP contribution in [0, 0.1) is 0 Å². The maximum atomic E-state index is 12.9. The maximum Gasteiger partial charge on any atom is 0.250 e. The van der Waals surface area contributed by atoms with Crippen LogP contribution in [0.15, 0.2) is 0 Å². The largest absolute Gasteiger partial charge is 0.366 e. The van der Waals surface area contributed by atoms with Gasteiger partial charge < -0.3 is 10.6 Å². The molecule has 5 heteroatoms. The van der Waals surface area contributed by atoms with Crippen LogP contribution in [0.1, 0.15) is 25.7 Å². The predicted molar refractivity (Wildman–Crippen MR) is 52.0 cm³/mol. The lowest BCUT2D eigenvalue weighted by molar-refractivity contribution is -0.0418. The average Bonchev–Trinajstić information content (AvgIpc) is 2.02. The Bertz CT molecular complexity index is 197. The van der Waals surface area contributed by atoms with E-state index in [0.29, 0.717) is 11.5 Å². The van der Waals surface area contributed by atoms with E-state index in [1.807, 2.05) is 0 Å². The van der Waals surface area contributed by atoms with E-state index >= 15 is 0 Å². The summed E-state index contributed by atoms with van der Waals surface area (Å²) in [5, 5.41) is 6.03. The second-order valence-corrected chi connectivity index (χ2v) is 3.78. The van der Waals surface area contributed by atoms with Crippen molar-refractivity contribution in [2.24, 2.45) is 0 Å². The van der Waals surface area contributed by atoms with E-state index in [1.165, 1.54) is 0 Å². The Labute approximate surface area is 82.1 Å². The average molecular weight is 208 g/mol. The molecule has 1 aliphatic carbocycles. The van der Waals surface area contributed by atoms with Crippen LogP contribution in [0.25, 0.3) is 0 Å². The minimum Gasteiger partial charge on any atom is -0.366 e. The van der Waals surface area contributed by atoms with Gasteiger partial charge in [-0.05, 0) is 25.1 Å². The number of nitrogens with one attached hydrogen (secondary N) is 2. The van der Waals surface area contributed by atoms with E-state index in [9.17, 15) is 8.78 Å². The lowest BCUT2D eigenvalue weighted by Crippen LogP contribution is -2.45. The molecule has 0 amide bonds. The zero-order valence-electron chi connectivity index (χ0n) is 7.57. The first-order valence-electron chi connectivity index (χ1n) is 4.39. The topological polar surface area (TPSA) is 24.1 Å². The van der Waals surface area contributed by atoms with E-state index in [1.54, 1.807) is 7.05 Å². The van der Waals surface area contributed by atoms with Crippen molar-refractivity contribution in [3.8, 4) is 0 Å². The standard InChI is InChI=1S/C8H14F2N2S/c1-11-7(13)12-6-3-2-4-8(9,10)5-6/h6H,2-5H2,1H3,(H2,11,12,13). The Morgan fingerprint density at radius 2 is 2.23 bits per heavy atom. The van der Waals surface area contributed by atoms with E-state index in [0.717, 1.165) is 6.42 Å². The van der Waals surface area contributed by atoms with Crippen LogP contribution < -0.4 is 10.6 Å². The fraction of sp³-hybridized carbons (Fsp3) is 0.875. The van der Waals surface area contributed by atoms with Gasteiger partial charge in [-0.25, -0.2) is 8.78 Å². The Hall–Kier alpha value is -0.450. The van der Waals surface area contributed by atoms with Crippen molar-refractivity contribution >= 4 is 17.3 Å². The SMILES string of the molecule is CNC(=S)NC1CCCC(F)(F)C1. The first-order chi connectivity index (χ1) is 6.03. The van der Waals surface area contributed by atoms with Crippen molar-refractivity contribution in [2.45, 2.75) is 37.6 Å². The summed E-state index contributed by atoms with van der Waals surface area (Å²) in [6.07, 6.45) is 1.25. The van der Waals surface area contributed by atoms with Gasteiger partial charge in [-0.3, -0.25) is 0 Å². The summed E-state index contributed by atoms with van der Waals surface area (Å²) in [7, 11) is 1.68. The van der Waals surface area contributed by atoms with Gasteiger partial charge in [0.25, 0.3) is 0 Å². The zero-order chi connectivity index (χ0) is 9.90. The lowest BCUT2D eigenvalue weighted by Gasteiger charge is -2.29. The van der Waals surface area contributed by atoms with Gasteiger partial charge in [0.1, 0.15) is 0 Å². The molecule has 0 aromatic rings. The van der Waals surface area contributed by atoms with Crippen LogP contribution in [0.3, 0.4) is 0 Å². The summed E-state index contributed by atoms with van der Waals surface area (Å²) >= 11 is 4.84. The van der Waals surface area contributed by atoms with E-state index < -0.39 is 5.92 Å². The van der Waals surface area contributed by atoms with Gasteiger partial charge >= 0.3 is 0 Å². The summed E-state index contributed by atoms with van der Waals surface area (Å²) in [5.74, 6) is -2.51. The summed E-state index contributed by atoms with van der Waals surface area (Å²) in [6.45, 7) is 0. The van der Waals surface area contributed by atoms with Crippen molar-refractivity contribution in [1.82, 2.24) is 10.6 Å². The first-order valence-corrected chi connectivity index (χ1v) is 4.80. The molecule has 2 nitrogen and oxygen atoms in total. The molecule has 0 bridgehead atoms. The highest BCUT2D eigenvalue weighted by Crippen LogP contribution is 2.32. The molecule has 1 saturated carbocycles. The van der Waals surface area contributed by atoms with Crippen molar-refractivity contribution in [3.63, 3.8) is 0 Å². The monoisotopic (exact) mass is 208 g/mol. The van der Waals surface area contributed by atoms with Crippen LogP contribution in [-0.2, 0) is 0 Å². The molecule has 0 spiro atoms. The highest BCUT2D eigenvalue weighted by atomic mass is 32.1. The van der Waals surface area contributed by atoms with Crippen LogP contribution in [0.5, 0.6) is 0 Å². The van der Waals surface area contributed by atoms with Crippen LogP contribution in [-0.4, -0.2) is 24.1 Å². The number of hydrogen-bond donors (Lipinski definition) is 2. The van der Waals surface area contributed by atoms with Gasteiger partial charge in [-0.15, -0.1) is 0 Å². The second kappa shape index (κ2) is 4.17. The Kier molecular flexibility index (Phi) is 3.41. The van der Waals surface area contributed by atoms with Gasteiger partial charge in [-0.1, -0.05) is 0 Å². The van der Waals surface area contributed by atoms with E-state index in [-0.39, 0.29) is 18.9 Å². The summed E-state index contributed by atoms with van der Waals surface area (Å²) < 4.78 is 25.8. The number of rotatable bonds is 1. The molecule has 1 fully saturated rings. The Morgan fingerprint density at radius 1 is 1.54 bits per heavy atom. The van der Waals surface area contributed by atoms with Crippen molar-refractivity contribution < 1.29 is 8.78 Å². The van der Waals surface area contributed by atoms with Gasteiger partial charge in [0, 0.05) is 25.9 Å². The predicted octanol–water partition coefficient (Wildman–Crippen LogP) is 1.66. The highest BCUT2D eigenvalue weighted by molar-refractivity contribution is 7.80. The maximum absolute atomic E-state index is 12.9. The van der Waals surface area contributed by atoms with Gasteiger partial charge in [0.05, 0.1) is 0 Å². The first kappa shape index (κ1) is 10.6. The highest BCUT2D eigenvalue weighted by Gasteiger charge is 2.36. The molecule has 0 saturated heterocycles. The third-order valence-corrected chi connectivity index (χ3v) is 2.52. The molecule has 2 N–H and O–H groups in total. The van der Waals surface area contributed by atoms with Gasteiger partial charge in [0.15, 0.2) is 5.11 Å². The molecule has 1 aliphatic rings. The normalized spacial score (nSPS) is 26.5. The second-order valence-electron chi connectivity index (χ2n) is 3.37. The molecule has 0 heterocycles. The van der Waals surface area contributed by atoms with E-state index in [4.69, 9.17) is 12.2 Å². The van der Waals surface area contributed by atoms with Crippen LogP contribution in [0.4, 0.5) is 8.78 Å². The summed E-state index contributed by atoms with van der Waals surface area (Å²) in [6, 6.07) is -0.177. The quantitative estimate of drug-likeness (QED) is 0.641. The molecule has 13 heavy (non-hydrogen) atoms. The molecule has 76 valence electrons. The minimum absolute atomic E-state index is 0.0114. The fourth-order valence-electron chi connectivity index (χ4n) is 1.55. The zero-order valence-corrected chi connectivity index (χ0v) is 8.39. The number of alkyl halides is 2. The molecular formula is C8H14F2N2S. The van der Waals surface area contributed by atoms with Crippen LogP contribution >= 0.6 is 12.2 Å². The van der Waals surface area contributed by atoms with Crippen molar-refractivity contribution in [1.29, 1.82) is 0 Å². The van der Waals surface area contributed by atoms with Crippen molar-refractivity contribution in [3.05, 3.63) is 0 Å². The summed E-state index contributed by atoms with van der Waals surface area (Å²) in [4.78, 5) is 0. The summed E-state index contributed by atoms with van der Waals surface area (Å²) in [5.41, 5.74) is 0. The third-order valence-electron chi connectivity index (χ3n) is 2.20. The minimum atomic E-state index is -2.51. The van der Waals surface area contributed by atoms with Gasteiger partial charge in [0.2, 0.25) is 5.92 Å². The van der Waals surface area contributed by atoms with Crippen LogP contribution in [0.2, 0.25) is 0 Å². The van der Waals surface area contributed by atoms with Crippen molar-refractivity contribution in [2.75, 3.05) is 7.05 Å². The molecule has 1 rings (SSSR count). The number of thiocarbonyl (C=S) groups is 1. The molecule has 0 aromatic heterocycles. The molecule has 0 radical (unpaired) electrons. The smallest absolute Gasteiger partial charge is 0.250 e. The molecule has 0 aromatic carbocycles. The molecular weight excluding hydrogens is 194 g/mol. The fourth-order valence-corrected chi connectivity index (χ4v) is 1.72. The Balaban J connectivity index is 2.39. The molecule has 1 unspecified atom stereocenters. The number of halogens is 2. The molecule has 1 atom stereocenters. The Morgan fingerprint density at radius 3 is 2.77 bits per heavy atom.